The summed E-state index contributed by atoms with van der Waals surface area (Å²) in [6.45, 7) is 6.65. The van der Waals surface area contributed by atoms with E-state index in [-0.39, 0.29) is 47.0 Å². The second kappa shape index (κ2) is 13.1. The molecule has 0 heterocycles. The minimum absolute atomic E-state index is 0. The van der Waals surface area contributed by atoms with Crippen molar-refractivity contribution in [3.63, 3.8) is 0 Å². The van der Waals surface area contributed by atoms with Crippen LogP contribution in [0.1, 0.15) is 46.5 Å². The molecule has 0 aromatic heterocycles. The Labute approximate surface area is 98.7 Å². The van der Waals surface area contributed by atoms with Crippen LogP contribution in [-0.4, -0.2) is 23.1 Å². The minimum Gasteiger partial charge on any atom is -1.00 e. The second-order valence-corrected chi connectivity index (χ2v) is 2.66. The monoisotopic (exact) mass is 264 g/mol. The Hall–Kier alpha value is 1.50. The first-order valence-electron chi connectivity index (χ1n) is 3.56. The van der Waals surface area contributed by atoms with Crippen molar-refractivity contribution in [1.82, 2.24) is 0 Å². The van der Waals surface area contributed by atoms with E-state index < -0.39 is 0 Å². The molecule has 58 valence electrons. The van der Waals surface area contributed by atoms with Gasteiger partial charge in [0.2, 0.25) is 0 Å². The normalized spacial score (nSPS) is 8.40. The van der Waals surface area contributed by atoms with Gasteiger partial charge in [-0.05, 0) is 0 Å². The summed E-state index contributed by atoms with van der Waals surface area (Å²) in [5.41, 5.74) is 0. The Balaban J connectivity index is -0.000000245. The summed E-state index contributed by atoms with van der Waals surface area (Å²) in [6.07, 6.45) is 5.45. The predicted molar refractivity (Wildman–Crippen MR) is 44.5 cm³/mol. The van der Waals surface area contributed by atoms with Crippen LogP contribution in [0.5, 0.6) is 0 Å². The first kappa shape index (κ1) is 17.5. The molecule has 0 saturated carbocycles. The van der Waals surface area contributed by atoms with Gasteiger partial charge >= 0.3 is 23.1 Å². The number of unbranched alkanes of at least 4 members (excludes halogenated alkanes) is 2. The van der Waals surface area contributed by atoms with E-state index in [1.165, 1.54) is 25.7 Å². The van der Waals surface area contributed by atoms with E-state index in [0.717, 1.165) is 0 Å². The van der Waals surface area contributed by atoms with E-state index >= 15 is 0 Å². The molecule has 0 aromatic rings. The summed E-state index contributed by atoms with van der Waals surface area (Å²) in [5, 5.41) is 0. The first-order chi connectivity index (χ1) is 3.77. The maximum atomic E-state index is 2.24. The van der Waals surface area contributed by atoms with Gasteiger partial charge in [0.25, 0.3) is 0 Å². The summed E-state index contributed by atoms with van der Waals surface area (Å²) >= 11 is 0. The third kappa shape index (κ3) is 16.2. The summed E-state index contributed by atoms with van der Waals surface area (Å²) in [5.74, 6) is 1.57. The van der Waals surface area contributed by atoms with Gasteiger partial charge in [-0.1, -0.05) is 26.2 Å². The topological polar surface area (TPSA) is 0 Å². The SMILES string of the molecule is CCCCC[C-](C)C.[I-].[Mg+2]. The molecular formula is C8H17IMg. The van der Waals surface area contributed by atoms with Gasteiger partial charge in [-0.2, -0.15) is 20.3 Å². The van der Waals surface area contributed by atoms with Gasteiger partial charge in [-0.3, -0.25) is 0 Å². The van der Waals surface area contributed by atoms with Crippen molar-refractivity contribution in [3.8, 4) is 0 Å². The zero-order chi connectivity index (χ0) is 6.41. The van der Waals surface area contributed by atoms with Gasteiger partial charge < -0.3 is 29.9 Å². The molecule has 0 atom stereocenters. The molecule has 0 radical (unpaired) electrons. The zero-order valence-electron chi connectivity index (χ0n) is 7.41. The third-order valence-electron chi connectivity index (χ3n) is 1.28. The minimum atomic E-state index is 0. The van der Waals surface area contributed by atoms with Gasteiger partial charge in [-0.25, -0.2) is 0 Å². The Bertz CT molecular complexity index is 46.5. The van der Waals surface area contributed by atoms with Gasteiger partial charge in [0.05, 0.1) is 0 Å². The molecule has 0 unspecified atom stereocenters. The summed E-state index contributed by atoms with van der Waals surface area (Å²) in [6, 6.07) is 0. The Morgan fingerprint density at radius 3 is 1.90 bits per heavy atom. The van der Waals surface area contributed by atoms with Crippen LogP contribution in [0.15, 0.2) is 0 Å². The Morgan fingerprint density at radius 2 is 1.60 bits per heavy atom. The molecule has 0 aromatic carbocycles. The molecule has 0 rings (SSSR count). The molecule has 0 aliphatic heterocycles. The van der Waals surface area contributed by atoms with Crippen molar-refractivity contribution < 1.29 is 24.0 Å². The van der Waals surface area contributed by atoms with Crippen molar-refractivity contribution in [2.24, 2.45) is 0 Å². The third-order valence-corrected chi connectivity index (χ3v) is 1.28. The van der Waals surface area contributed by atoms with Crippen LogP contribution in [0, 0.1) is 5.92 Å². The molecule has 0 nitrogen and oxygen atoms in total. The van der Waals surface area contributed by atoms with E-state index in [4.69, 9.17) is 0 Å². The fraction of sp³-hybridized carbons (Fsp3) is 0.875. The van der Waals surface area contributed by atoms with Crippen LogP contribution in [0.2, 0.25) is 0 Å². The smallest absolute Gasteiger partial charge is 1.00 e. The van der Waals surface area contributed by atoms with Crippen LogP contribution in [0.25, 0.3) is 0 Å². The molecule has 10 heavy (non-hydrogen) atoms. The van der Waals surface area contributed by atoms with E-state index in [1.54, 1.807) is 5.92 Å². The second-order valence-electron chi connectivity index (χ2n) is 2.66. The average Bonchev–Trinajstić information content (AvgIpc) is 1.66. The van der Waals surface area contributed by atoms with Crippen molar-refractivity contribution in [2.75, 3.05) is 0 Å². The molecule has 0 amide bonds. The Kier molecular flexibility index (Phi) is 23.0. The Morgan fingerprint density at radius 1 is 1.10 bits per heavy atom. The summed E-state index contributed by atoms with van der Waals surface area (Å²) in [7, 11) is 0. The zero-order valence-corrected chi connectivity index (χ0v) is 11.0. The van der Waals surface area contributed by atoms with Gasteiger partial charge in [0.1, 0.15) is 0 Å². The first-order valence-corrected chi connectivity index (χ1v) is 3.56. The largest absolute Gasteiger partial charge is 2.00 e. The van der Waals surface area contributed by atoms with Crippen LogP contribution in [-0.2, 0) is 0 Å². The molecule has 0 N–H and O–H groups in total. The van der Waals surface area contributed by atoms with E-state index in [0.29, 0.717) is 0 Å². The van der Waals surface area contributed by atoms with Crippen LogP contribution in [0.3, 0.4) is 0 Å². The predicted octanol–water partition coefficient (Wildman–Crippen LogP) is -0.196. The van der Waals surface area contributed by atoms with Crippen molar-refractivity contribution in [2.45, 2.75) is 46.5 Å². The van der Waals surface area contributed by atoms with Crippen LogP contribution < -0.4 is 24.0 Å². The van der Waals surface area contributed by atoms with Crippen molar-refractivity contribution >= 4 is 23.1 Å². The fourth-order valence-corrected chi connectivity index (χ4v) is 0.729. The maximum Gasteiger partial charge on any atom is 2.00 e. The van der Waals surface area contributed by atoms with Crippen LogP contribution >= 0.6 is 0 Å². The standard InChI is InChI=1S/C8H17.HI.Mg/c1-4-5-6-7-8(2)3;;/h4-7H2,1-3H3;1H;/q-1;;+2/p-1. The molecule has 0 aliphatic rings. The maximum absolute atomic E-state index is 2.24. The van der Waals surface area contributed by atoms with Gasteiger partial charge in [-0.15, -0.1) is 0 Å². The van der Waals surface area contributed by atoms with Gasteiger partial charge in [0.15, 0.2) is 0 Å². The van der Waals surface area contributed by atoms with Crippen molar-refractivity contribution in [3.05, 3.63) is 5.92 Å². The number of rotatable bonds is 4. The number of halogens is 1. The van der Waals surface area contributed by atoms with Crippen molar-refractivity contribution in [1.29, 1.82) is 0 Å². The van der Waals surface area contributed by atoms with E-state index in [1.807, 2.05) is 0 Å². The quantitative estimate of drug-likeness (QED) is 0.286. The van der Waals surface area contributed by atoms with Crippen LogP contribution in [0.4, 0.5) is 0 Å². The molecule has 0 aliphatic carbocycles. The molecule has 0 spiro atoms. The van der Waals surface area contributed by atoms with Gasteiger partial charge in [0, 0.05) is 0 Å². The molecular weight excluding hydrogens is 247 g/mol. The fourth-order valence-electron chi connectivity index (χ4n) is 0.729. The summed E-state index contributed by atoms with van der Waals surface area (Å²) < 4.78 is 0. The molecule has 2 heteroatoms. The van der Waals surface area contributed by atoms with E-state index in [9.17, 15) is 0 Å². The summed E-state index contributed by atoms with van der Waals surface area (Å²) in [4.78, 5) is 0. The molecule has 0 bridgehead atoms. The molecule has 0 saturated heterocycles. The molecule has 0 fully saturated rings. The number of hydrogen-bond acceptors (Lipinski definition) is 0. The number of hydrogen-bond donors (Lipinski definition) is 0. The average molecular weight is 264 g/mol. The van der Waals surface area contributed by atoms with E-state index in [2.05, 4.69) is 20.8 Å².